The molecule has 1 aliphatic rings. The average molecular weight is 485 g/mol. The van der Waals surface area contributed by atoms with E-state index in [0.717, 1.165) is 27.8 Å². The Bertz CT molecular complexity index is 1350. The number of amides is 3. The highest BCUT2D eigenvalue weighted by Gasteiger charge is 2.33. The molecule has 0 radical (unpaired) electrons. The van der Waals surface area contributed by atoms with Crippen molar-refractivity contribution in [1.82, 2.24) is 15.3 Å². The van der Waals surface area contributed by atoms with Gasteiger partial charge in [-0.1, -0.05) is 47.4 Å². The Kier molecular flexibility index (Phi) is 6.66. The van der Waals surface area contributed by atoms with Gasteiger partial charge in [0.2, 0.25) is 5.91 Å². The van der Waals surface area contributed by atoms with Crippen LogP contribution >= 0.6 is 23.1 Å². The van der Waals surface area contributed by atoms with E-state index in [9.17, 15) is 24.0 Å². The second kappa shape index (κ2) is 9.79. The van der Waals surface area contributed by atoms with Gasteiger partial charge in [-0.05, 0) is 29.8 Å². The molecule has 2 N–H and O–H groups in total. The van der Waals surface area contributed by atoms with Crippen LogP contribution < -0.4 is 20.4 Å². The Morgan fingerprint density at radius 1 is 1.15 bits per heavy atom. The standard InChI is InChI=1S/C21H16N4O6S2/c26-17(11-25-14-6-1-2-7-15(14)33-21(25)30)24-22-10-12-4-3-5-13(8-12)31-18(27)9-16-19(28)23-20(29)32-16/h1-8,10,16H,9,11H2,(H,24,26)(H,23,28,29)/b22-10-/t16-/m1/s1. The van der Waals surface area contributed by atoms with E-state index in [-0.39, 0.29) is 23.6 Å². The number of rotatable bonds is 7. The number of hydrogen-bond donors (Lipinski definition) is 2. The molecule has 168 valence electrons. The number of esters is 1. The van der Waals surface area contributed by atoms with Gasteiger partial charge in [0.25, 0.3) is 11.1 Å². The highest BCUT2D eigenvalue weighted by molar-refractivity contribution is 8.15. The molecule has 10 nitrogen and oxygen atoms in total. The largest absolute Gasteiger partial charge is 0.426 e. The molecule has 0 spiro atoms. The average Bonchev–Trinajstić information content (AvgIpc) is 3.25. The van der Waals surface area contributed by atoms with Crippen LogP contribution in [0.2, 0.25) is 0 Å². The van der Waals surface area contributed by atoms with Crippen molar-refractivity contribution in [3.05, 3.63) is 63.8 Å². The number of thioether (sulfide) groups is 1. The van der Waals surface area contributed by atoms with Crippen LogP contribution in [0.5, 0.6) is 5.75 Å². The van der Waals surface area contributed by atoms with Gasteiger partial charge in [-0.15, -0.1) is 0 Å². The van der Waals surface area contributed by atoms with Crippen molar-refractivity contribution in [2.45, 2.75) is 18.2 Å². The number of nitrogens with zero attached hydrogens (tertiary/aromatic N) is 2. The van der Waals surface area contributed by atoms with Crippen molar-refractivity contribution in [3.8, 4) is 5.75 Å². The molecule has 1 fully saturated rings. The monoisotopic (exact) mass is 484 g/mol. The summed E-state index contributed by atoms with van der Waals surface area (Å²) in [6.07, 6.45) is 1.12. The van der Waals surface area contributed by atoms with Crippen LogP contribution in [-0.4, -0.2) is 39.1 Å². The summed E-state index contributed by atoms with van der Waals surface area (Å²) in [6, 6.07) is 13.6. The third-order valence-electron chi connectivity index (χ3n) is 4.49. The summed E-state index contributed by atoms with van der Waals surface area (Å²) in [6.45, 7) is -0.174. The minimum Gasteiger partial charge on any atom is -0.426 e. The maximum atomic E-state index is 12.2. The summed E-state index contributed by atoms with van der Waals surface area (Å²) < 4.78 is 7.39. The highest BCUT2D eigenvalue weighted by atomic mass is 32.2. The van der Waals surface area contributed by atoms with Gasteiger partial charge in [-0.3, -0.25) is 33.9 Å². The molecule has 12 heteroatoms. The van der Waals surface area contributed by atoms with E-state index in [4.69, 9.17) is 4.74 Å². The molecule has 2 aromatic carbocycles. The first-order valence-corrected chi connectivity index (χ1v) is 11.3. The third kappa shape index (κ3) is 5.54. The number of imide groups is 1. The predicted octanol–water partition coefficient (Wildman–Crippen LogP) is 1.86. The number of hydrogen-bond acceptors (Lipinski definition) is 9. The van der Waals surface area contributed by atoms with Crippen LogP contribution in [0.25, 0.3) is 10.2 Å². The summed E-state index contributed by atoms with van der Waals surface area (Å²) in [7, 11) is 0. The van der Waals surface area contributed by atoms with E-state index in [0.29, 0.717) is 11.1 Å². The minimum atomic E-state index is -0.808. The van der Waals surface area contributed by atoms with Crippen molar-refractivity contribution in [3.63, 3.8) is 0 Å². The number of carbonyl (C=O) groups excluding carboxylic acids is 4. The van der Waals surface area contributed by atoms with E-state index < -0.39 is 28.3 Å². The Morgan fingerprint density at radius 2 is 1.97 bits per heavy atom. The van der Waals surface area contributed by atoms with E-state index in [2.05, 4.69) is 15.8 Å². The lowest BCUT2D eigenvalue weighted by molar-refractivity contribution is -0.135. The maximum absolute atomic E-state index is 12.2. The number of fused-ring (bicyclic) bond motifs is 1. The number of carbonyl (C=O) groups is 4. The first-order chi connectivity index (χ1) is 15.9. The molecule has 3 amide bonds. The second-order valence-corrected chi connectivity index (χ2v) is 9.02. The number of aromatic nitrogens is 1. The molecule has 0 aliphatic carbocycles. The molecule has 4 rings (SSSR count). The Hall–Kier alpha value is -3.77. The zero-order valence-corrected chi connectivity index (χ0v) is 18.5. The van der Waals surface area contributed by atoms with Gasteiger partial charge in [0.1, 0.15) is 17.5 Å². The molecular weight excluding hydrogens is 468 g/mol. The zero-order chi connectivity index (χ0) is 23.4. The zero-order valence-electron chi connectivity index (χ0n) is 16.8. The second-order valence-electron chi connectivity index (χ2n) is 6.85. The van der Waals surface area contributed by atoms with Gasteiger partial charge in [0.15, 0.2) is 0 Å². The fraction of sp³-hybridized carbons (Fsp3) is 0.143. The molecule has 3 aromatic rings. The molecule has 1 atom stereocenters. The maximum Gasteiger partial charge on any atom is 0.312 e. The van der Waals surface area contributed by atoms with Crippen molar-refractivity contribution in [2.24, 2.45) is 5.10 Å². The first-order valence-electron chi connectivity index (χ1n) is 9.61. The molecule has 2 heterocycles. The molecule has 1 saturated heterocycles. The van der Waals surface area contributed by atoms with Crippen molar-refractivity contribution in [2.75, 3.05) is 0 Å². The van der Waals surface area contributed by atoms with Crippen molar-refractivity contribution < 1.29 is 23.9 Å². The van der Waals surface area contributed by atoms with Gasteiger partial charge < -0.3 is 4.74 Å². The molecule has 0 unspecified atom stereocenters. The Balaban J connectivity index is 1.32. The van der Waals surface area contributed by atoms with Crippen LogP contribution in [0.3, 0.4) is 0 Å². The lowest BCUT2D eigenvalue weighted by Gasteiger charge is -2.07. The van der Waals surface area contributed by atoms with Crippen LogP contribution in [0.4, 0.5) is 4.79 Å². The minimum absolute atomic E-state index is 0.174. The summed E-state index contributed by atoms with van der Waals surface area (Å²) >= 11 is 1.81. The van der Waals surface area contributed by atoms with Gasteiger partial charge in [0, 0.05) is 0 Å². The fourth-order valence-corrected chi connectivity index (χ4v) is 4.73. The van der Waals surface area contributed by atoms with E-state index in [1.54, 1.807) is 30.3 Å². The summed E-state index contributed by atoms with van der Waals surface area (Å²) in [5, 5.41) is 4.69. The lowest BCUT2D eigenvalue weighted by Crippen LogP contribution is -2.27. The molecule has 33 heavy (non-hydrogen) atoms. The van der Waals surface area contributed by atoms with E-state index in [1.165, 1.54) is 16.8 Å². The van der Waals surface area contributed by atoms with Crippen LogP contribution in [0, 0.1) is 0 Å². The number of ether oxygens (including phenoxy) is 1. The fourth-order valence-electron chi connectivity index (χ4n) is 3.03. The summed E-state index contributed by atoms with van der Waals surface area (Å²) in [4.78, 5) is 58.9. The number of nitrogens with one attached hydrogen (secondary N) is 2. The molecule has 1 aliphatic heterocycles. The number of hydrazone groups is 1. The van der Waals surface area contributed by atoms with Crippen molar-refractivity contribution >= 4 is 62.6 Å². The highest BCUT2D eigenvalue weighted by Crippen LogP contribution is 2.23. The van der Waals surface area contributed by atoms with E-state index >= 15 is 0 Å². The van der Waals surface area contributed by atoms with Crippen LogP contribution in [-0.2, 0) is 20.9 Å². The van der Waals surface area contributed by atoms with Crippen molar-refractivity contribution in [1.29, 1.82) is 0 Å². The Labute approximate surface area is 194 Å². The van der Waals surface area contributed by atoms with Gasteiger partial charge in [-0.2, -0.15) is 5.10 Å². The smallest absolute Gasteiger partial charge is 0.312 e. The summed E-state index contributed by atoms with van der Waals surface area (Å²) in [5.74, 6) is -1.42. The van der Waals surface area contributed by atoms with Gasteiger partial charge in [-0.25, -0.2) is 5.43 Å². The predicted molar refractivity (Wildman–Crippen MR) is 123 cm³/mol. The van der Waals surface area contributed by atoms with Crippen LogP contribution in [0.1, 0.15) is 12.0 Å². The topological polar surface area (TPSA) is 136 Å². The Morgan fingerprint density at radius 3 is 2.76 bits per heavy atom. The van der Waals surface area contributed by atoms with E-state index in [1.807, 2.05) is 12.1 Å². The third-order valence-corrected chi connectivity index (χ3v) is 6.43. The molecule has 0 saturated carbocycles. The first kappa shape index (κ1) is 22.4. The molecular formula is C21H16N4O6S2. The summed E-state index contributed by atoms with van der Waals surface area (Å²) in [5.41, 5.74) is 3.59. The molecule has 1 aromatic heterocycles. The quantitative estimate of drug-likeness (QED) is 0.226. The number of para-hydroxylation sites is 1. The van der Waals surface area contributed by atoms with Crippen LogP contribution in [0.15, 0.2) is 58.4 Å². The number of benzene rings is 2. The van der Waals surface area contributed by atoms with Gasteiger partial charge >= 0.3 is 10.8 Å². The van der Waals surface area contributed by atoms with Gasteiger partial charge in [0.05, 0.1) is 22.9 Å². The lowest BCUT2D eigenvalue weighted by atomic mass is 10.2. The SMILES string of the molecule is O=C(Cn1c(=O)sc2ccccc21)N/N=C\c1cccc(OC(=O)C[C@H]2SC(=O)NC2=O)c1. The normalized spacial score (nSPS) is 15.7. The molecule has 0 bridgehead atoms. The number of thiazole rings is 1.